The van der Waals surface area contributed by atoms with Crippen molar-refractivity contribution in [3.05, 3.63) is 52.8 Å². The van der Waals surface area contributed by atoms with Crippen molar-refractivity contribution in [1.29, 1.82) is 0 Å². The Hall–Kier alpha value is -1.61. The Bertz CT molecular complexity index is 569. The van der Waals surface area contributed by atoms with E-state index in [0.717, 1.165) is 24.1 Å². The molecule has 0 aliphatic carbocycles. The predicted octanol–water partition coefficient (Wildman–Crippen LogP) is 3.86. The fraction of sp³-hybridized carbons (Fsp3) is 0.500. The summed E-state index contributed by atoms with van der Waals surface area (Å²) in [6, 6.07) is 10.4. The van der Waals surface area contributed by atoms with Crippen molar-refractivity contribution in [3.8, 4) is 0 Å². The first-order chi connectivity index (χ1) is 10.0. The van der Waals surface area contributed by atoms with Crippen LogP contribution in [0.5, 0.6) is 0 Å². The van der Waals surface area contributed by atoms with Crippen LogP contribution in [0, 0.1) is 0 Å². The molecule has 0 fully saturated rings. The van der Waals surface area contributed by atoms with E-state index in [0.29, 0.717) is 12.5 Å². The van der Waals surface area contributed by atoms with E-state index in [1.807, 2.05) is 16.8 Å². The van der Waals surface area contributed by atoms with Gasteiger partial charge in [0.2, 0.25) is 0 Å². The number of aliphatic hydroxyl groups excluding tert-OH is 1. The molecule has 1 unspecified atom stereocenters. The van der Waals surface area contributed by atoms with Gasteiger partial charge in [-0.1, -0.05) is 52.0 Å². The standard InChI is InChI=1S/C18H26N2O/c1-5-16-11-17(6-2)20(19-16)12-18(21)15-9-7-14(8-10-15)13(3)4/h7-11,13,18,21H,5-6,12H2,1-4H3. The molecule has 0 amide bonds. The number of nitrogens with zero attached hydrogens (tertiary/aromatic N) is 2. The van der Waals surface area contributed by atoms with Crippen molar-refractivity contribution in [2.45, 2.75) is 59.1 Å². The second kappa shape index (κ2) is 6.90. The highest BCUT2D eigenvalue weighted by Crippen LogP contribution is 2.20. The molecular weight excluding hydrogens is 260 g/mol. The number of rotatable bonds is 6. The molecule has 3 heteroatoms. The molecule has 0 aliphatic rings. The lowest BCUT2D eigenvalue weighted by Crippen LogP contribution is -2.12. The lowest BCUT2D eigenvalue weighted by molar-refractivity contribution is 0.150. The molecule has 114 valence electrons. The van der Waals surface area contributed by atoms with Gasteiger partial charge in [0, 0.05) is 5.69 Å². The summed E-state index contributed by atoms with van der Waals surface area (Å²) in [6.07, 6.45) is 1.35. The largest absolute Gasteiger partial charge is 0.386 e. The number of aliphatic hydroxyl groups is 1. The van der Waals surface area contributed by atoms with Gasteiger partial charge in [0.1, 0.15) is 0 Å². The third-order valence-electron chi connectivity index (χ3n) is 3.97. The van der Waals surface area contributed by atoms with Gasteiger partial charge in [0.15, 0.2) is 0 Å². The van der Waals surface area contributed by atoms with E-state index in [2.05, 4.69) is 51.0 Å². The fourth-order valence-electron chi connectivity index (χ4n) is 2.50. The second-order valence-electron chi connectivity index (χ2n) is 5.85. The monoisotopic (exact) mass is 286 g/mol. The Morgan fingerprint density at radius 1 is 1.05 bits per heavy atom. The maximum absolute atomic E-state index is 10.4. The number of aromatic nitrogens is 2. The van der Waals surface area contributed by atoms with Gasteiger partial charge in [0.05, 0.1) is 18.3 Å². The maximum atomic E-state index is 10.4. The van der Waals surface area contributed by atoms with E-state index in [4.69, 9.17) is 0 Å². The van der Waals surface area contributed by atoms with Crippen LogP contribution in [0.2, 0.25) is 0 Å². The molecule has 0 saturated heterocycles. The van der Waals surface area contributed by atoms with Gasteiger partial charge in [-0.15, -0.1) is 0 Å². The quantitative estimate of drug-likeness (QED) is 0.875. The number of hydrogen-bond acceptors (Lipinski definition) is 2. The lowest BCUT2D eigenvalue weighted by Gasteiger charge is -2.14. The van der Waals surface area contributed by atoms with Crippen molar-refractivity contribution in [3.63, 3.8) is 0 Å². The second-order valence-corrected chi connectivity index (χ2v) is 5.85. The first-order valence-electron chi connectivity index (χ1n) is 7.88. The Balaban J connectivity index is 2.13. The molecule has 0 spiro atoms. The van der Waals surface area contributed by atoms with Crippen LogP contribution in [0.15, 0.2) is 30.3 Å². The highest BCUT2D eigenvalue weighted by atomic mass is 16.3. The first kappa shape index (κ1) is 15.8. The van der Waals surface area contributed by atoms with Gasteiger partial charge in [-0.3, -0.25) is 4.68 Å². The third-order valence-corrected chi connectivity index (χ3v) is 3.97. The number of hydrogen-bond donors (Lipinski definition) is 1. The Kier molecular flexibility index (Phi) is 5.18. The summed E-state index contributed by atoms with van der Waals surface area (Å²) in [5, 5.41) is 15.0. The molecule has 1 heterocycles. The van der Waals surface area contributed by atoms with Gasteiger partial charge in [-0.2, -0.15) is 5.10 Å². The van der Waals surface area contributed by atoms with Crippen molar-refractivity contribution >= 4 is 0 Å². The zero-order chi connectivity index (χ0) is 15.4. The van der Waals surface area contributed by atoms with E-state index in [9.17, 15) is 5.11 Å². The van der Waals surface area contributed by atoms with Gasteiger partial charge in [-0.05, 0) is 36.0 Å². The number of benzene rings is 1. The van der Waals surface area contributed by atoms with Crippen LogP contribution in [0.3, 0.4) is 0 Å². The third kappa shape index (κ3) is 3.73. The molecule has 21 heavy (non-hydrogen) atoms. The van der Waals surface area contributed by atoms with E-state index in [1.165, 1.54) is 11.3 Å². The van der Waals surface area contributed by atoms with Crippen LogP contribution in [0.1, 0.15) is 62.2 Å². The van der Waals surface area contributed by atoms with E-state index < -0.39 is 6.10 Å². The summed E-state index contributed by atoms with van der Waals surface area (Å²) in [6.45, 7) is 9.10. The predicted molar refractivity (Wildman–Crippen MR) is 86.5 cm³/mol. The van der Waals surface area contributed by atoms with Gasteiger partial charge >= 0.3 is 0 Å². The van der Waals surface area contributed by atoms with Crippen LogP contribution in [0.4, 0.5) is 0 Å². The minimum atomic E-state index is -0.513. The summed E-state index contributed by atoms with van der Waals surface area (Å²) in [5.74, 6) is 0.515. The molecule has 2 rings (SSSR count). The van der Waals surface area contributed by atoms with Crippen LogP contribution in [0.25, 0.3) is 0 Å². The average molecular weight is 286 g/mol. The molecule has 0 aliphatic heterocycles. The minimum absolute atomic E-state index is 0.513. The zero-order valence-corrected chi connectivity index (χ0v) is 13.5. The summed E-state index contributed by atoms with van der Waals surface area (Å²) in [5.41, 5.74) is 4.53. The van der Waals surface area contributed by atoms with Gasteiger partial charge < -0.3 is 5.11 Å². The van der Waals surface area contributed by atoms with Crippen molar-refractivity contribution in [2.75, 3.05) is 0 Å². The summed E-state index contributed by atoms with van der Waals surface area (Å²) in [7, 11) is 0. The van der Waals surface area contributed by atoms with Crippen LogP contribution in [-0.4, -0.2) is 14.9 Å². The molecule has 1 N–H and O–H groups in total. The van der Waals surface area contributed by atoms with E-state index in [-0.39, 0.29) is 0 Å². The normalized spacial score (nSPS) is 12.9. The smallest absolute Gasteiger partial charge is 0.0985 e. The maximum Gasteiger partial charge on any atom is 0.0985 e. The topological polar surface area (TPSA) is 38.0 Å². The molecule has 1 aromatic carbocycles. The van der Waals surface area contributed by atoms with Crippen molar-refractivity contribution < 1.29 is 5.11 Å². The van der Waals surface area contributed by atoms with Crippen molar-refractivity contribution in [1.82, 2.24) is 9.78 Å². The Labute approximate surface area is 127 Å². The van der Waals surface area contributed by atoms with Crippen LogP contribution in [-0.2, 0) is 19.4 Å². The fourth-order valence-corrected chi connectivity index (χ4v) is 2.50. The molecule has 0 bridgehead atoms. The summed E-state index contributed by atoms with van der Waals surface area (Å²) in [4.78, 5) is 0. The van der Waals surface area contributed by atoms with Crippen LogP contribution >= 0.6 is 0 Å². The minimum Gasteiger partial charge on any atom is -0.386 e. The first-order valence-corrected chi connectivity index (χ1v) is 7.88. The molecule has 1 atom stereocenters. The average Bonchev–Trinajstić information content (AvgIpc) is 2.89. The highest BCUT2D eigenvalue weighted by Gasteiger charge is 2.13. The molecule has 3 nitrogen and oxygen atoms in total. The summed E-state index contributed by atoms with van der Waals surface area (Å²) >= 11 is 0. The van der Waals surface area contributed by atoms with E-state index in [1.54, 1.807) is 0 Å². The molecule has 2 aromatic rings. The Morgan fingerprint density at radius 3 is 2.19 bits per heavy atom. The summed E-state index contributed by atoms with van der Waals surface area (Å²) < 4.78 is 1.94. The Morgan fingerprint density at radius 2 is 1.67 bits per heavy atom. The molecule has 0 saturated carbocycles. The van der Waals surface area contributed by atoms with Gasteiger partial charge in [0.25, 0.3) is 0 Å². The van der Waals surface area contributed by atoms with E-state index >= 15 is 0 Å². The van der Waals surface area contributed by atoms with Crippen LogP contribution < -0.4 is 0 Å². The highest BCUT2D eigenvalue weighted by molar-refractivity contribution is 5.26. The lowest BCUT2D eigenvalue weighted by atomic mass is 10.00. The molecule has 1 aromatic heterocycles. The molecular formula is C18H26N2O. The van der Waals surface area contributed by atoms with Crippen molar-refractivity contribution in [2.24, 2.45) is 0 Å². The molecule has 0 radical (unpaired) electrons. The number of aryl methyl sites for hydroxylation is 2. The SMILES string of the molecule is CCc1cc(CC)n(CC(O)c2ccc(C(C)C)cc2)n1. The van der Waals surface area contributed by atoms with Gasteiger partial charge in [-0.25, -0.2) is 0 Å². The zero-order valence-electron chi connectivity index (χ0n) is 13.5.